The van der Waals surface area contributed by atoms with Crippen molar-refractivity contribution in [1.82, 2.24) is 10.2 Å². The minimum Gasteiger partial charge on any atom is -0.396 e. The normalized spacial score (nSPS) is 20.7. The monoisotopic (exact) mass is 374 g/mol. The molecule has 2 saturated heterocycles. The number of likely N-dealkylation sites (tertiary alicyclic amines) is 1. The second-order valence-electron chi connectivity index (χ2n) is 7.52. The molecular formula is C20H30N4O3. The molecule has 1 atom stereocenters. The summed E-state index contributed by atoms with van der Waals surface area (Å²) in [5, 5.41) is 15.0. The van der Waals surface area contributed by atoms with E-state index in [1.54, 1.807) is 0 Å². The van der Waals surface area contributed by atoms with E-state index < -0.39 is 0 Å². The Kier molecular flexibility index (Phi) is 6.68. The molecule has 0 saturated carbocycles. The standard InChI is InChI=1S/C20H30N4O3/c1-15-12-17(6-7-18(15)24-10-3-5-19(24)26)22-20(27)21-8-11-23-9-2-4-16(13-23)14-25/h6-7,12,16,25H,2-5,8-11,13-14H2,1H3,(H2,21,22,27). The van der Waals surface area contributed by atoms with Crippen molar-refractivity contribution in [2.75, 3.05) is 49.5 Å². The van der Waals surface area contributed by atoms with Gasteiger partial charge in [-0.05, 0) is 62.4 Å². The van der Waals surface area contributed by atoms with Crippen molar-refractivity contribution >= 4 is 23.3 Å². The summed E-state index contributed by atoms with van der Waals surface area (Å²) in [6.07, 6.45) is 3.69. The Morgan fingerprint density at radius 3 is 2.85 bits per heavy atom. The summed E-state index contributed by atoms with van der Waals surface area (Å²) in [6, 6.07) is 5.41. The van der Waals surface area contributed by atoms with Crippen LogP contribution in [-0.4, -0.2) is 61.3 Å². The van der Waals surface area contributed by atoms with E-state index in [1.165, 1.54) is 0 Å². The van der Waals surface area contributed by atoms with Gasteiger partial charge >= 0.3 is 6.03 Å². The number of nitrogens with one attached hydrogen (secondary N) is 2. The largest absolute Gasteiger partial charge is 0.396 e. The third kappa shape index (κ3) is 5.20. The van der Waals surface area contributed by atoms with E-state index in [0.29, 0.717) is 18.9 Å². The second-order valence-corrected chi connectivity index (χ2v) is 7.52. The Bertz CT molecular complexity index is 679. The van der Waals surface area contributed by atoms with E-state index in [1.807, 2.05) is 30.0 Å². The smallest absolute Gasteiger partial charge is 0.319 e. The predicted octanol–water partition coefficient (Wildman–Crippen LogP) is 1.95. The van der Waals surface area contributed by atoms with Gasteiger partial charge in [-0.1, -0.05) is 0 Å². The van der Waals surface area contributed by atoms with Crippen molar-refractivity contribution in [3.8, 4) is 0 Å². The van der Waals surface area contributed by atoms with Crippen molar-refractivity contribution in [2.45, 2.75) is 32.6 Å². The Morgan fingerprint density at radius 2 is 2.15 bits per heavy atom. The topological polar surface area (TPSA) is 84.9 Å². The Labute approximate surface area is 160 Å². The molecule has 2 heterocycles. The van der Waals surface area contributed by atoms with Gasteiger partial charge in [0, 0.05) is 50.6 Å². The Morgan fingerprint density at radius 1 is 1.30 bits per heavy atom. The first-order valence-electron chi connectivity index (χ1n) is 9.86. The number of amides is 3. The Balaban J connectivity index is 1.45. The SMILES string of the molecule is Cc1cc(NC(=O)NCCN2CCCC(CO)C2)ccc1N1CCCC1=O. The van der Waals surface area contributed by atoms with Gasteiger partial charge in [0.05, 0.1) is 0 Å². The summed E-state index contributed by atoms with van der Waals surface area (Å²) in [4.78, 5) is 28.1. The van der Waals surface area contributed by atoms with Crippen molar-refractivity contribution in [2.24, 2.45) is 5.92 Å². The van der Waals surface area contributed by atoms with Gasteiger partial charge in [-0.2, -0.15) is 0 Å². The number of aliphatic hydroxyl groups is 1. The lowest BCUT2D eigenvalue weighted by molar-refractivity contribution is -0.117. The molecule has 2 aliphatic rings. The lowest BCUT2D eigenvalue weighted by atomic mass is 9.99. The van der Waals surface area contributed by atoms with E-state index in [0.717, 1.165) is 62.4 Å². The first-order chi connectivity index (χ1) is 13.1. The minimum atomic E-state index is -0.227. The third-order valence-electron chi connectivity index (χ3n) is 5.39. The number of carbonyl (C=O) groups excluding carboxylic acids is 2. The molecule has 0 radical (unpaired) electrons. The van der Waals surface area contributed by atoms with Crippen molar-refractivity contribution < 1.29 is 14.7 Å². The summed E-state index contributed by atoms with van der Waals surface area (Å²) in [5.41, 5.74) is 2.62. The lowest BCUT2D eigenvalue weighted by Crippen LogP contribution is -2.42. The van der Waals surface area contributed by atoms with Crippen LogP contribution in [0.25, 0.3) is 0 Å². The molecule has 1 unspecified atom stereocenters. The summed E-state index contributed by atoms with van der Waals surface area (Å²) < 4.78 is 0. The lowest BCUT2D eigenvalue weighted by Gasteiger charge is -2.31. The fraction of sp³-hybridized carbons (Fsp3) is 0.600. The van der Waals surface area contributed by atoms with Gasteiger partial charge in [-0.3, -0.25) is 4.79 Å². The maximum Gasteiger partial charge on any atom is 0.319 e. The molecule has 3 rings (SSSR count). The number of piperidine rings is 1. The molecule has 0 spiro atoms. The average molecular weight is 374 g/mol. The van der Waals surface area contributed by atoms with Crippen LogP contribution in [0.5, 0.6) is 0 Å². The van der Waals surface area contributed by atoms with Crippen LogP contribution in [0.1, 0.15) is 31.2 Å². The van der Waals surface area contributed by atoms with Gasteiger partial charge in [-0.25, -0.2) is 4.79 Å². The fourth-order valence-electron chi connectivity index (χ4n) is 3.95. The number of hydrogen-bond donors (Lipinski definition) is 3. The summed E-state index contributed by atoms with van der Waals surface area (Å²) in [5.74, 6) is 0.522. The molecule has 3 amide bonds. The van der Waals surface area contributed by atoms with E-state index in [-0.39, 0.29) is 18.5 Å². The van der Waals surface area contributed by atoms with E-state index in [9.17, 15) is 14.7 Å². The molecule has 0 aliphatic carbocycles. The summed E-state index contributed by atoms with van der Waals surface area (Å²) in [6.45, 7) is 6.24. The highest BCUT2D eigenvalue weighted by Gasteiger charge is 2.23. The van der Waals surface area contributed by atoms with Gasteiger partial charge in [0.15, 0.2) is 0 Å². The quantitative estimate of drug-likeness (QED) is 0.710. The van der Waals surface area contributed by atoms with Crippen molar-refractivity contribution in [1.29, 1.82) is 0 Å². The fourth-order valence-corrected chi connectivity index (χ4v) is 3.95. The number of nitrogens with zero attached hydrogens (tertiary/aromatic N) is 2. The van der Waals surface area contributed by atoms with Gasteiger partial charge in [0.2, 0.25) is 5.91 Å². The molecule has 7 heteroatoms. The molecule has 3 N–H and O–H groups in total. The zero-order valence-electron chi connectivity index (χ0n) is 16.0. The molecule has 1 aromatic rings. The van der Waals surface area contributed by atoms with Gasteiger partial charge in [0.25, 0.3) is 0 Å². The molecule has 0 bridgehead atoms. The highest BCUT2D eigenvalue weighted by Crippen LogP contribution is 2.27. The average Bonchev–Trinajstić information content (AvgIpc) is 3.08. The number of urea groups is 1. The van der Waals surface area contributed by atoms with E-state index in [4.69, 9.17) is 0 Å². The molecule has 1 aromatic carbocycles. The van der Waals surface area contributed by atoms with Crippen molar-refractivity contribution in [3.63, 3.8) is 0 Å². The maximum absolute atomic E-state index is 12.1. The number of carbonyl (C=O) groups is 2. The molecule has 27 heavy (non-hydrogen) atoms. The molecular weight excluding hydrogens is 344 g/mol. The zero-order valence-corrected chi connectivity index (χ0v) is 16.0. The highest BCUT2D eigenvalue weighted by atomic mass is 16.3. The highest BCUT2D eigenvalue weighted by molar-refractivity contribution is 5.96. The van der Waals surface area contributed by atoms with E-state index >= 15 is 0 Å². The summed E-state index contributed by atoms with van der Waals surface area (Å²) in [7, 11) is 0. The first-order valence-corrected chi connectivity index (χ1v) is 9.86. The van der Waals surface area contributed by atoms with Crippen LogP contribution in [0.15, 0.2) is 18.2 Å². The number of benzene rings is 1. The van der Waals surface area contributed by atoms with Crippen LogP contribution in [0.4, 0.5) is 16.2 Å². The van der Waals surface area contributed by atoms with E-state index in [2.05, 4.69) is 15.5 Å². The molecule has 2 fully saturated rings. The number of anilines is 2. The van der Waals surface area contributed by atoms with Crippen LogP contribution in [-0.2, 0) is 4.79 Å². The van der Waals surface area contributed by atoms with Gasteiger partial charge in [0.1, 0.15) is 0 Å². The number of aryl methyl sites for hydroxylation is 1. The van der Waals surface area contributed by atoms with Crippen LogP contribution in [0.2, 0.25) is 0 Å². The molecule has 2 aliphatic heterocycles. The number of hydrogen-bond acceptors (Lipinski definition) is 4. The van der Waals surface area contributed by atoms with Crippen LogP contribution >= 0.6 is 0 Å². The molecule has 7 nitrogen and oxygen atoms in total. The number of aliphatic hydroxyl groups excluding tert-OH is 1. The zero-order chi connectivity index (χ0) is 19.2. The summed E-state index contributed by atoms with van der Waals surface area (Å²) >= 11 is 0. The van der Waals surface area contributed by atoms with Crippen molar-refractivity contribution in [3.05, 3.63) is 23.8 Å². The molecule has 148 valence electrons. The maximum atomic E-state index is 12.1. The first kappa shape index (κ1) is 19.6. The predicted molar refractivity (Wildman–Crippen MR) is 106 cm³/mol. The Hall–Kier alpha value is -2.12. The second kappa shape index (κ2) is 9.19. The van der Waals surface area contributed by atoms with Gasteiger partial charge in [-0.15, -0.1) is 0 Å². The number of rotatable bonds is 6. The minimum absolute atomic E-state index is 0.165. The van der Waals surface area contributed by atoms with Crippen LogP contribution < -0.4 is 15.5 Å². The van der Waals surface area contributed by atoms with Gasteiger partial charge < -0.3 is 25.5 Å². The van der Waals surface area contributed by atoms with Crippen LogP contribution in [0, 0.1) is 12.8 Å². The van der Waals surface area contributed by atoms with Crippen LogP contribution in [0.3, 0.4) is 0 Å². The molecule has 0 aromatic heterocycles. The third-order valence-corrected chi connectivity index (χ3v) is 5.39.